The molecule has 0 aliphatic heterocycles. The summed E-state index contributed by atoms with van der Waals surface area (Å²) >= 11 is 20.4. The van der Waals surface area contributed by atoms with Crippen LogP contribution in [0.4, 0.5) is 0 Å². The van der Waals surface area contributed by atoms with Crippen LogP contribution in [0.1, 0.15) is 44.2 Å². The highest BCUT2D eigenvalue weighted by atomic mass is 35.5. The van der Waals surface area contributed by atoms with Crippen molar-refractivity contribution in [1.82, 2.24) is 5.32 Å². The molecule has 0 saturated heterocycles. The molecule has 20 heavy (non-hydrogen) atoms. The zero-order chi connectivity index (χ0) is 14.8. The Kier molecular flexibility index (Phi) is 5.96. The van der Waals surface area contributed by atoms with Gasteiger partial charge >= 0.3 is 0 Å². The number of thioether (sulfide) groups is 1. The van der Waals surface area contributed by atoms with Crippen LogP contribution in [0.25, 0.3) is 0 Å². The van der Waals surface area contributed by atoms with Crippen LogP contribution in [0.5, 0.6) is 0 Å². The first kappa shape index (κ1) is 16.8. The predicted molar refractivity (Wildman–Crippen MR) is 92.6 cm³/mol. The van der Waals surface area contributed by atoms with Crippen LogP contribution in [0.3, 0.4) is 0 Å². The molecule has 112 valence electrons. The molecular weight excluding hydrogens is 333 g/mol. The minimum absolute atomic E-state index is 0.168. The van der Waals surface area contributed by atoms with Crippen molar-refractivity contribution in [3.8, 4) is 0 Å². The van der Waals surface area contributed by atoms with Gasteiger partial charge in [0.2, 0.25) is 0 Å². The highest BCUT2D eigenvalue weighted by molar-refractivity contribution is 8.00. The van der Waals surface area contributed by atoms with E-state index < -0.39 is 0 Å². The average Bonchev–Trinajstić information content (AvgIpc) is 2.92. The third-order valence-corrected chi connectivity index (χ3v) is 6.94. The third kappa shape index (κ3) is 3.59. The van der Waals surface area contributed by atoms with Crippen LogP contribution in [0.15, 0.2) is 12.1 Å². The van der Waals surface area contributed by atoms with Crippen LogP contribution in [-0.2, 0) is 0 Å². The highest BCUT2D eigenvalue weighted by Crippen LogP contribution is 2.40. The Morgan fingerprint density at radius 1 is 1.20 bits per heavy atom. The van der Waals surface area contributed by atoms with Gasteiger partial charge in [-0.1, -0.05) is 53.7 Å². The van der Waals surface area contributed by atoms with Gasteiger partial charge in [-0.05, 0) is 37.7 Å². The lowest BCUT2D eigenvalue weighted by atomic mass is 10.0. The molecule has 2 rings (SSSR count). The van der Waals surface area contributed by atoms with Crippen molar-refractivity contribution in [2.24, 2.45) is 0 Å². The lowest BCUT2D eigenvalue weighted by Crippen LogP contribution is -2.36. The summed E-state index contributed by atoms with van der Waals surface area (Å²) in [4.78, 5) is 0. The molecule has 1 aromatic carbocycles. The first-order valence-electron chi connectivity index (χ1n) is 6.91. The van der Waals surface area contributed by atoms with Gasteiger partial charge in [0.25, 0.3) is 0 Å². The molecule has 0 heterocycles. The Morgan fingerprint density at radius 2 is 1.85 bits per heavy atom. The van der Waals surface area contributed by atoms with Crippen molar-refractivity contribution in [3.63, 3.8) is 0 Å². The summed E-state index contributed by atoms with van der Waals surface area (Å²) in [7, 11) is 0. The van der Waals surface area contributed by atoms with Crippen molar-refractivity contribution < 1.29 is 0 Å². The maximum Gasteiger partial charge on any atom is 0.0781 e. The summed E-state index contributed by atoms with van der Waals surface area (Å²) in [6, 6.07) is 3.93. The molecule has 1 unspecified atom stereocenters. The summed E-state index contributed by atoms with van der Waals surface area (Å²) in [5, 5.41) is 5.12. The minimum atomic E-state index is 0.168. The Bertz CT molecular complexity index is 472. The van der Waals surface area contributed by atoms with Crippen LogP contribution >= 0.6 is 46.6 Å². The molecule has 1 aromatic rings. The molecule has 1 aliphatic rings. The molecule has 0 radical (unpaired) electrons. The molecule has 1 aliphatic carbocycles. The number of benzene rings is 1. The van der Waals surface area contributed by atoms with Crippen molar-refractivity contribution >= 4 is 46.6 Å². The summed E-state index contributed by atoms with van der Waals surface area (Å²) in [5.74, 6) is 0. The number of hydrogen-bond donors (Lipinski definition) is 1. The summed E-state index contributed by atoms with van der Waals surface area (Å²) in [6.45, 7) is 3.13. The van der Waals surface area contributed by atoms with Gasteiger partial charge in [-0.2, -0.15) is 11.8 Å². The van der Waals surface area contributed by atoms with E-state index in [1.54, 1.807) is 0 Å². The van der Waals surface area contributed by atoms with Crippen LogP contribution < -0.4 is 5.32 Å². The van der Waals surface area contributed by atoms with E-state index in [1.807, 2.05) is 23.9 Å². The van der Waals surface area contributed by atoms with Crippen molar-refractivity contribution in [2.45, 2.75) is 43.4 Å². The average molecular weight is 353 g/mol. The monoisotopic (exact) mass is 351 g/mol. The zero-order valence-corrected chi connectivity index (χ0v) is 14.9. The first-order chi connectivity index (χ1) is 9.49. The Labute approximate surface area is 140 Å². The second-order valence-electron chi connectivity index (χ2n) is 5.46. The molecule has 0 amide bonds. The van der Waals surface area contributed by atoms with Crippen molar-refractivity contribution in [3.05, 3.63) is 32.8 Å². The Balaban J connectivity index is 2.05. The van der Waals surface area contributed by atoms with Gasteiger partial charge in [-0.3, -0.25) is 0 Å². The topological polar surface area (TPSA) is 12.0 Å². The summed E-state index contributed by atoms with van der Waals surface area (Å²) in [5.41, 5.74) is 1.01. The second-order valence-corrected chi connectivity index (χ2v) is 7.90. The van der Waals surface area contributed by atoms with E-state index in [4.69, 9.17) is 34.8 Å². The maximum atomic E-state index is 6.30. The molecule has 1 fully saturated rings. The minimum Gasteiger partial charge on any atom is -0.309 e. The first-order valence-corrected chi connectivity index (χ1v) is 9.27. The molecular formula is C15H20Cl3NS. The Morgan fingerprint density at radius 3 is 2.45 bits per heavy atom. The second kappa shape index (κ2) is 7.11. The van der Waals surface area contributed by atoms with Gasteiger partial charge in [0.15, 0.2) is 0 Å². The van der Waals surface area contributed by atoms with Crippen molar-refractivity contribution in [1.29, 1.82) is 0 Å². The summed E-state index contributed by atoms with van der Waals surface area (Å²) < 4.78 is 0.386. The Hall–Kier alpha value is 0.400. The van der Waals surface area contributed by atoms with E-state index >= 15 is 0 Å². The molecule has 5 heteroatoms. The van der Waals surface area contributed by atoms with Gasteiger partial charge < -0.3 is 5.32 Å². The van der Waals surface area contributed by atoms with Gasteiger partial charge in [0.05, 0.1) is 15.1 Å². The number of nitrogens with one attached hydrogen (secondary N) is 1. The standard InChI is InChI=1S/C15H20Cl3NS/c1-10(11-5-6-12(16)14(18)13(11)17)19-9-15(20-2)7-3-4-8-15/h5-6,10,19H,3-4,7-9H2,1-2H3. The molecule has 1 saturated carbocycles. The maximum absolute atomic E-state index is 6.30. The van der Waals surface area contributed by atoms with E-state index in [-0.39, 0.29) is 6.04 Å². The van der Waals surface area contributed by atoms with Gasteiger partial charge in [0.1, 0.15) is 0 Å². The van der Waals surface area contributed by atoms with E-state index in [1.165, 1.54) is 25.7 Å². The third-order valence-electron chi connectivity index (χ3n) is 4.21. The highest BCUT2D eigenvalue weighted by Gasteiger charge is 2.33. The predicted octanol–water partition coefficient (Wildman–Crippen LogP) is 5.97. The largest absolute Gasteiger partial charge is 0.309 e. The molecule has 0 bridgehead atoms. The molecule has 0 aromatic heterocycles. The van der Waals surface area contributed by atoms with Gasteiger partial charge in [0, 0.05) is 17.3 Å². The lowest BCUT2D eigenvalue weighted by Gasteiger charge is -2.29. The molecule has 0 spiro atoms. The van der Waals surface area contributed by atoms with E-state index in [9.17, 15) is 0 Å². The van der Waals surface area contributed by atoms with Crippen molar-refractivity contribution in [2.75, 3.05) is 12.8 Å². The number of rotatable bonds is 5. The quantitative estimate of drug-likeness (QED) is 0.655. The SMILES string of the molecule is CSC1(CNC(C)c2ccc(Cl)c(Cl)c2Cl)CCCC1. The van der Waals surface area contributed by atoms with E-state index in [2.05, 4.69) is 18.5 Å². The van der Waals surface area contributed by atoms with E-state index in [0.717, 1.165) is 12.1 Å². The lowest BCUT2D eigenvalue weighted by molar-refractivity contribution is 0.487. The fraction of sp³-hybridized carbons (Fsp3) is 0.600. The number of hydrogen-bond acceptors (Lipinski definition) is 2. The fourth-order valence-corrected chi connectivity index (χ4v) is 4.43. The van der Waals surface area contributed by atoms with Gasteiger partial charge in [-0.25, -0.2) is 0 Å². The van der Waals surface area contributed by atoms with Crippen LogP contribution in [0, 0.1) is 0 Å². The van der Waals surface area contributed by atoms with E-state index in [0.29, 0.717) is 19.8 Å². The molecule has 1 atom stereocenters. The molecule has 1 nitrogen and oxygen atoms in total. The normalized spacial score (nSPS) is 19.2. The number of halogens is 3. The fourth-order valence-electron chi connectivity index (χ4n) is 2.80. The summed E-state index contributed by atoms with van der Waals surface area (Å²) in [6.07, 6.45) is 7.48. The smallest absolute Gasteiger partial charge is 0.0781 e. The van der Waals surface area contributed by atoms with Crippen LogP contribution in [0.2, 0.25) is 15.1 Å². The van der Waals surface area contributed by atoms with Gasteiger partial charge in [-0.15, -0.1) is 0 Å². The molecule has 1 N–H and O–H groups in total. The zero-order valence-electron chi connectivity index (χ0n) is 11.8. The van der Waals surface area contributed by atoms with Crippen LogP contribution in [-0.4, -0.2) is 17.5 Å².